The molecule has 0 N–H and O–H groups in total. The van der Waals surface area contributed by atoms with Crippen molar-refractivity contribution in [1.29, 1.82) is 0 Å². The molecule has 1 rings (SSSR count). The van der Waals surface area contributed by atoms with Crippen molar-refractivity contribution in [2.24, 2.45) is 5.92 Å². The molecule has 12 heavy (non-hydrogen) atoms. The Kier molecular flexibility index (Phi) is 3.32. The molecule has 0 heterocycles. The first kappa shape index (κ1) is 9.30. The zero-order valence-electron chi connectivity index (χ0n) is 7.80. The van der Waals surface area contributed by atoms with Crippen molar-refractivity contribution < 1.29 is 9.53 Å². The van der Waals surface area contributed by atoms with Gasteiger partial charge in [0.25, 0.3) is 0 Å². The molecule has 1 atom stereocenters. The molecule has 0 aromatic heterocycles. The van der Waals surface area contributed by atoms with Crippen LogP contribution in [0.2, 0.25) is 0 Å². The summed E-state index contributed by atoms with van der Waals surface area (Å²) in [6.07, 6.45) is 5.56. The molecule has 0 saturated carbocycles. The topological polar surface area (TPSA) is 26.3 Å². The van der Waals surface area contributed by atoms with E-state index in [1.54, 1.807) is 6.92 Å². The lowest BCUT2D eigenvalue weighted by Crippen LogP contribution is -2.08. The summed E-state index contributed by atoms with van der Waals surface area (Å²) in [4.78, 5) is 10.6. The van der Waals surface area contributed by atoms with Gasteiger partial charge in [0, 0.05) is 6.42 Å². The zero-order chi connectivity index (χ0) is 8.97. The van der Waals surface area contributed by atoms with Crippen molar-refractivity contribution in [3.63, 3.8) is 0 Å². The van der Waals surface area contributed by atoms with E-state index in [-0.39, 0.29) is 12.4 Å². The Bertz CT molecular complexity index is 194. The molecule has 2 nitrogen and oxygen atoms in total. The fourth-order valence-corrected chi connectivity index (χ4v) is 1.40. The van der Waals surface area contributed by atoms with E-state index in [9.17, 15) is 4.79 Å². The van der Waals surface area contributed by atoms with Crippen molar-refractivity contribution in [3.05, 3.63) is 11.8 Å². The predicted molar refractivity (Wildman–Crippen MR) is 47.7 cm³/mol. The van der Waals surface area contributed by atoms with Gasteiger partial charge in [0.1, 0.15) is 6.61 Å². The zero-order valence-corrected chi connectivity index (χ0v) is 7.80. The molecule has 0 bridgehead atoms. The van der Waals surface area contributed by atoms with Gasteiger partial charge in [-0.3, -0.25) is 4.79 Å². The van der Waals surface area contributed by atoms with Crippen LogP contribution in [-0.2, 0) is 9.53 Å². The number of rotatable bonds is 3. The molecule has 0 spiro atoms. The van der Waals surface area contributed by atoms with Crippen molar-refractivity contribution in [1.82, 2.24) is 0 Å². The molecule has 0 radical (unpaired) electrons. The molecule has 1 aliphatic carbocycles. The highest BCUT2D eigenvalue weighted by Crippen LogP contribution is 2.22. The summed E-state index contributed by atoms with van der Waals surface area (Å²) in [6.45, 7) is 3.96. The summed E-state index contributed by atoms with van der Waals surface area (Å²) in [7, 11) is 0. The van der Waals surface area contributed by atoms with Gasteiger partial charge in [-0.05, 0) is 31.8 Å². The number of Topliss-reactive ketones (excluding diaryl/α,β-unsaturated/α-hetero) is 1. The summed E-state index contributed by atoms with van der Waals surface area (Å²) in [5, 5.41) is 0. The fraction of sp³-hybridized carbons (Fsp3) is 0.700. The van der Waals surface area contributed by atoms with E-state index in [2.05, 4.69) is 13.0 Å². The molecule has 1 aliphatic rings. The largest absolute Gasteiger partial charge is 0.491 e. The molecule has 2 heteroatoms. The third-order valence-electron chi connectivity index (χ3n) is 2.01. The van der Waals surface area contributed by atoms with Gasteiger partial charge in [-0.1, -0.05) is 6.92 Å². The Balaban J connectivity index is 2.35. The highest BCUT2D eigenvalue weighted by molar-refractivity contribution is 5.76. The molecule has 1 unspecified atom stereocenters. The van der Waals surface area contributed by atoms with Crippen LogP contribution in [0, 0.1) is 5.92 Å². The van der Waals surface area contributed by atoms with Crippen LogP contribution in [-0.4, -0.2) is 12.4 Å². The molecule has 0 saturated heterocycles. The van der Waals surface area contributed by atoms with Crippen LogP contribution in [0.1, 0.15) is 33.1 Å². The Morgan fingerprint density at radius 2 is 2.50 bits per heavy atom. The molecule has 0 fully saturated rings. The van der Waals surface area contributed by atoms with Crippen LogP contribution >= 0.6 is 0 Å². The van der Waals surface area contributed by atoms with Crippen molar-refractivity contribution >= 4 is 5.78 Å². The number of ketones is 1. The number of carbonyl (C=O) groups excluding carboxylic acids is 1. The SMILES string of the molecule is CC(=O)COC1=CC(C)CCC1. The van der Waals surface area contributed by atoms with Crippen LogP contribution in [0.4, 0.5) is 0 Å². The average Bonchev–Trinajstić information content (AvgIpc) is 2.01. The van der Waals surface area contributed by atoms with E-state index in [4.69, 9.17) is 4.74 Å². The number of hydrogen-bond acceptors (Lipinski definition) is 2. The third-order valence-corrected chi connectivity index (χ3v) is 2.01. The minimum atomic E-state index is 0.0918. The van der Waals surface area contributed by atoms with Gasteiger partial charge in [0.05, 0.1) is 5.76 Å². The molecule has 0 aromatic carbocycles. The highest BCUT2D eigenvalue weighted by atomic mass is 16.5. The van der Waals surface area contributed by atoms with E-state index in [0.717, 1.165) is 12.2 Å². The second-order valence-corrected chi connectivity index (χ2v) is 3.49. The Morgan fingerprint density at radius 3 is 3.08 bits per heavy atom. The number of ether oxygens (including phenoxy) is 1. The van der Waals surface area contributed by atoms with Crippen LogP contribution < -0.4 is 0 Å². The van der Waals surface area contributed by atoms with Crippen molar-refractivity contribution in [3.8, 4) is 0 Å². The quantitative estimate of drug-likeness (QED) is 0.646. The van der Waals surface area contributed by atoms with Crippen molar-refractivity contribution in [2.45, 2.75) is 33.1 Å². The van der Waals surface area contributed by atoms with E-state index in [1.807, 2.05) is 0 Å². The fourth-order valence-electron chi connectivity index (χ4n) is 1.40. The summed E-state index contributed by atoms with van der Waals surface area (Å²) in [6, 6.07) is 0. The molecule has 68 valence electrons. The van der Waals surface area contributed by atoms with Gasteiger partial charge >= 0.3 is 0 Å². The lowest BCUT2D eigenvalue weighted by atomic mass is 9.97. The molecular formula is C10H16O2. The van der Waals surface area contributed by atoms with Crippen LogP contribution in [0.15, 0.2) is 11.8 Å². The summed E-state index contributed by atoms with van der Waals surface area (Å²) >= 11 is 0. The van der Waals surface area contributed by atoms with Crippen molar-refractivity contribution in [2.75, 3.05) is 6.61 Å². The minimum absolute atomic E-state index is 0.0918. The normalized spacial score (nSPS) is 23.2. The summed E-state index contributed by atoms with van der Waals surface area (Å²) < 4.78 is 5.33. The lowest BCUT2D eigenvalue weighted by molar-refractivity contribution is -0.120. The van der Waals surface area contributed by atoms with E-state index < -0.39 is 0 Å². The standard InChI is InChI=1S/C10H16O2/c1-8-4-3-5-10(6-8)12-7-9(2)11/h6,8H,3-5,7H2,1-2H3. The molecule has 0 aromatic rings. The Labute approximate surface area is 73.6 Å². The molecule has 0 amide bonds. The first-order valence-electron chi connectivity index (χ1n) is 4.51. The molecular weight excluding hydrogens is 152 g/mol. The first-order chi connectivity index (χ1) is 5.68. The Morgan fingerprint density at radius 1 is 1.75 bits per heavy atom. The molecule has 0 aliphatic heterocycles. The van der Waals surface area contributed by atoms with Gasteiger partial charge in [0.15, 0.2) is 5.78 Å². The van der Waals surface area contributed by atoms with Gasteiger partial charge in [-0.25, -0.2) is 0 Å². The summed E-state index contributed by atoms with van der Waals surface area (Å²) in [5.74, 6) is 1.71. The second-order valence-electron chi connectivity index (χ2n) is 3.49. The second kappa shape index (κ2) is 4.29. The number of carbonyl (C=O) groups is 1. The van der Waals surface area contributed by atoms with Gasteiger partial charge in [0.2, 0.25) is 0 Å². The maximum Gasteiger partial charge on any atom is 0.167 e. The van der Waals surface area contributed by atoms with Crippen LogP contribution in [0.3, 0.4) is 0 Å². The van der Waals surface area contributed by atoms with Gasteiger partial charge in [-0.15, -0.1) is 0 Å². The van der Waals surface area contributed by atoms with Crippen LogP contribution in [0.5, 0.6) is 0 Å². The first-order valence-corrected chi connectivity index (χ1v) is 4.51. The van der Waals surface area contributed by atoms with E-state index >= 15 is 0 Å². The number of hydrogen-bond donors (Lipinski definition) is 0. The smallest absolute Gasteiger partial charge is 0.167 e. The minimum Gasteiger partial charge on any atom is -0.491 e. The lowest BCUT2D eigenvalue weighted by Gasteiger charge is -2.17. The van der Waals surface area contributed by atoms with E-state index in [0.29, 0.717) is 5.92 Å². The third kappa shape index (κ3) is 3.07. The van der Waals surface area contributed by atoms with Gasteiger partial charge < -0.3 is 4.74 Å². The average molecular weight is 168 g/mol. The summed E-state index contributed by atoms with van der Waals surface area (Å²) in [5.41, 5.74) is 0. The van der Waals surface area contributed by atoms with Gasteiger partial charge in [-0.2, -0.15) is 0 Å². The Hall–Kier alpha value is -0.790. The van der Waals surface area contributed by atoms with Crippen LogP contribution in [0.25, 0.3) is 0 Å². The van der Waals surface area contributed by atoms with E-state index in [1.165, 1.54) is 12.8 Å². The monoisotopic (exact) mass is 168 g/mol. The maximum absolute atomic E-state index is 10.6. The predicted octanol–water partition coefficient (Wildman–Crippen LogP) is 2.30. The number of allylic oxidation sites excluding steroid dienone is 2. The highest BCUT2D eigenvalue weighted by Gasteiger charge is 2.10. The maximum atomic E-state index is 10.6.